The van der Waals surface area contributed by atoms with Gasteiger partial charge in [-0.05, 0) is 19.1 Å². The molecular formula is C17H31N6S+. The molecule has 1 aromatic heterocycles. The highest BCUT2D eigenvalue weighted by atomic mass is 32.1. The van der Waals surface area contributed by atoms with Crippen LogP contribution in [0.1, 0.15) is 31.3 Å². The van der Waals surface area contributed by atoms with Gasteiger partial charge >= 0.3 is 0 Å². The van der Waals surface area contributed by atoms with Gasteiger partial charge in [0, 0.05) is 43.9 Å². The molecule has 1 aliphatic heterocycles. The normalized spacial score (nSPS) is 15.3. The Labute approximate surface area is 151 Å². The number of aryl methyl sites for hydroxylation is 1. The molecule has 0 bridgehead atoms. The second-order valence-electron chi connectivity index (χ2n) is 7.04. The number of nitrogens with one attached hydrogen (secondary N) is 2. The van der Waals surface area contributed by atoms with Gasteiger partial charge in [0.05, 0.1) is 27.2 Å². The van der Waals surface area contributed by atoms with E-state index in [1.807, 2.05) is 6.92 Å². The lowest BCUT2D eigenvalue weighted by Gasteiger charge is -2.37. The predicted molar refractivity (Wildman–Crippen MR) is 103 cm³/mol. The van der Waals surface area contributed by atoms with Crippen LogP contribution in [-0.4, -0.2) is 73.3 Å². The number of rotatable bonds is 5. The third-order valence-electron chi connectivity index (χ3n) is 4.17. The summed E-state index contributed by atoms with van der Waals surface area (Å²) < 4.78 is 0. The van der Waals surface area contributed by atoms with E-state index in [0.717, 1.165) is 61.7 Å². The van der Waals surface area contributed by atoms with E-state index in [2.05, 4.69) is 54.1 Å². The van der Waals surface area contributed by atoms with Crippen molar-refractivity contribution < 1.29 is 4.90 Å². The first-order valence-electron chi connectivity index (χ1n) is 8.79. The summed E-state index contributed by atoms with van der Waals surface area (Å²) in [5, 5.41) is 4.24. The van der Waals surface area contributed by atoms with E-state index in [0.29, 0.717) is 5.92 Å². The van der Waals surface area contributed by atoms with Crippen LogP contribution in [0.25, 0.3) is 0 Å². The molecule has 6 nitrogen and oxygen atoms in total. The number of quaternary nitrogens is 1. The minimum Gasteiger partial charge on any atom is -0.357 e. The fourth-order valence-corrected chi connectivity index (χ4v) is 2.95. The van der Waals surface area contributed by atoms with Crippen molar-refractivity contribution in [1.82, 2.24) is 20.2 Å². The summed E-state index contributed by atoms with van der Waals surface area (Å²) in [6.45, 7) is 12.0. The Bertz CT molecular complexity index is 552. The fourth-order valence-electron chi connectivity index (χ4n) is 2.66. The lowest BCUT2D eigenvalue weighted by Crippen LogP contribution is -3.06. The molecular weight excluding hydrogens is 320 g/mol. The Morgan fingerprint density at radius 3 is 2.50 bits per heavy atom. The van der Waals surface area contributed by atoms with E-state index < -0.39 is 0 Å². The Kier molecular flexibility index (Phi) is 6.74. The van der Waals surface area contributed by atoms with Gasteiger partial charge in [-0.2, -0.15) is 0 Å². The molecule has 0 aliphatic carbocycles. The van der Waals surface area contributed by atoms with Crippen LogP contribution >= 0.6 is 12.2 Å². The van der Waals surface area contributed by atoms with E-state index in [1.165, 1.54) is 4.90 Å². The number of piperazine rings is 1. The SMILES string of the molecule is Cc1cc(N2CCN(C(=S)NCC[NH+](C)C)CC2)nc(C(C)C)n1. The number of hydrogen-bond acceptors (Lipinski definition) is 4. The van der Waals surface area contributed by atoms with E-state index in [1.54, 1.807) is 0 Å². The number of thiocarbonyl (C=S) groups is 1. The molecule has 1 fully saturated rings. The molecule has 0 atom stereocenters. The summed E-state index contributed by atoms with van der Waals surface area (Å²) in [6.07, 6.45) is 0. The summed E-state index contributed by atoms with van der Waals surface area (Å²) in [6, 6.07) is 2.08. The van der Waals surface area contributed by atoms with Crippen molar-refractivity contribution in [2.45, 2.75) is 26.7 Å². The molecule has 0 aromatic carbocycles. The zero-order valence-corrected chi connectivity index (χ0v) is 16.4. The van der Waals surface area contributed by atoms with Crippen molar-refractivity contribution in [3.8, 4) is 0 Å². The summed E-state index contributed by atoms with van der Waals surface area (Å²) in [4.78, 5) is 15.3. The van der Waals surface area contributed by atoms with Crippen LogP contribution in [0.4, 0.5) is 5.82 Å². The summed E-state index contributed by atoms with van der Waals surface area (Å²) in [5.74, 6) is 2.32. The molecule has 1 saturated heterocycles. The Balaban J connectivity index is 1.89. The van der Waals surface area contributed by atoms with Crippen LogP contribution < -0.4 is 15.1 Å². The van der Waals surface area contributed by atoms with Gasteiger partial charge in [-0.25, -0.2) is 9.97 Å². The summed E-state index contributed by atoms with van der Waals surface area (Å²) >= 11 is 5.52. The second kappa shape index (κ2) is 8.58. The van der Waals surface area contributed by atoms with Crippen molar-refractivity contribution in [3.63, 3.8) is 0 Å². The third-order valence-corrected chi connectivity index (χ3v) is 4.57. The van der Waals surface area contributed by atoms with Gasteiger partial charge in [0.15, 0.2) is 5.11 Å². The first-order valence-corrected chi connectivity index (χ1v) is 9.20. The van der Waals surface area contributed by atoms with E-state index >= 15 is 0 Å². The average molecular weight is 352 g/mol. The topological polar surface area (TPSA) is 48.7 Å². The Hall–Kier alpha value is -1.47. The van der Waals surface area contributed by atoms with Crippen molar-refractivity contribution >= 4 is 23.1 Å². The summed E-state index contributed by atoms with van der Waals surface area (Å²) in [5.41, 5.74) is 1.04. The van der Waals surface area contributed by atoms with Crippen LogP contribution in [0, 0.1) is 6.92 Å². The monoisotopic (exact) mass is 351 g/mol. The van der Waals surface area contributed by atoms with E-state index in [4.69, 9.17) is 17.2 Å². The lowest BCUT2D eigenvalue weighted by atomic mass is 10.2. The first kappa shape index (κ1) is 18.9. The third kappa shape index (κ3) is 5.27. The highest BCUT2D eigenvalue weighted by Crippen LogP contribution is 2.18. The molecule has 2 heterocycles. The number of likely N-dealkylation sites (N-methyl/N-ethyl adjacent to an activating group) is 1. The second-order valence-corrected chi connectivity index (χ2v) is 7.43. The van der Waals surface area contributed by atoms with Gasteiger partial charge in [0.2, 0.25) is 0 Å². The average Bonchev–Trinajstić information content (AvgIpc) is 2.54. The quantitative estimate of drug-likeness (QED) is 0.731. The van der Waals surface area contributed by atoms with Gasteiger partial charge in [-0.1, -0.05) is 13.8 Å². The highest BCUT2D eigenvalue weighted by Gasteiger charge is 2.21. The van der Waals surface area contributed by atoms with Crippen LogP contribution in [0.3, 0.4) is 0 Å². The number of nitrogens with zero attached hydrogens (tertiary/aromatic N) is 4. The number of hydrogen-bond donors (Lipinski definition) is 2. The molecule has 0 radical (unpaired) electrons. The molecule has 1 aliphatic rings. The van der Waals surface area contributed by atoms with Gasteiger partial charge < -0.3 is 20.0 Å². The van der Waals surface area contributed by atoms with Crippen LogP contribution in [-0.2, 0) is 0 Å². The minimum atomic E-state index is 0.348. The lowest BCUT2D eigenvalue weighted by molar-refractivity contribution is -0.856. The first-order chi connectivity index (χ1) is 11.4. The van der Waals surface area contributed by atoms with Gasteiger partial charge in [0.25, 0.3) is 0 Å². The number of aromatic nitrogens is 2. The van der Waals surface area contributed by atoms with Crippen LogP contribution in [0.15, 0.2) is 6.07 Å². The fraction of sp³-hybridized carbons (Fsp3) is 0.706. The van der Waals surface area contributed by atoms with Gasteiger partial charge in [0.1, 0.15) is 11.6 Å². The molecule has 1 aromatic rings. The largest absolute Gasteiger partial charge is 0.357 e. The Morgan fingerprint density at radius 2 is 1.92 bits per heavy atom. The molecule has 0 unspecified atom stereocenters. The van der Waals surface area contributed by atoms with Crippen molar-refractivity contribution in [2.75, 3.05) is 58.3 Å². The molecule has 2 rings (SSSR count). The molecule has 134 valence electrons. The predicted octanol–water partition coefficient (Wildman–Crippen LogP) is 0.0494. The van der Waals surface area contributed by atoms with Crippen molar-refractivity contribution in [2.24, 2.45) is 0 Å². The van der Waals surface area contributed by atoms with Crippen molar-refractivity contribution in [3.05, 3.63) is 17.6 Å². The maximum Gasteiger partial charge on any atom is 0.169 e. The maximum atomic E-state index is 5.52. The van der Waals surface area contributed by atoms with Crippen molar-refractivity contribution in [1.29, 1.82) is 0 Å². The smallest absolute Gasteiger partial charge is 0.169 e. The van der Waals surface area contributed by atoms with E-state index in [9.17, 15) is 0 Å². The molecule has 7 heteroatoms. The van der Waals surface area contributed by atoms with E-state index in [-0.39, 0.29) is 0 Å². The number of anilines is 1. The zero-order chi connectivity index (χ0) is 17.7. The zero-order valence-electron chi connectivity index (χ0n) is 15.6. The van der Waals surface area contributed by atoms with Gasteiger partial charge in [-0.15, -0.1) is 0 Å². The van der Waals surface area contributed by atoms with Crippen LogP contribution in [0.5, 0.6) is 0 Å². The molecule has 0 amide bonds. The molecule has 0 saturated carbocycles. The summed E-state index contributed by atoms with van der Waals surface area (Å²) in [7, 11) is 4.30. The molecule has 24 heavy (non-hydrogen) atoms. The molecule has 2 N–H and O–H groups in total. The Morgan fingerprint density at radius 1 is 1.25 bits per heavy atom. The maximum absolute atomic E-state index is 5.52. The highest BCUT2D eigenvalue weighted by molar-refractivity contribution is 7.80. The molecule has 0 spiro atoms. The van der Waals surface area contributed by atoms with Crippen LogP contribution in [0.2, 0.25) is 0 Å². The standard InChI is InChI=1S/C17H30N6S/c1-13(2)16-19-14(3)12-15(20-16)22-8-10-23(11-9-22)17(24)18-6-7-21(4)5/h12-13H,6-11H2,1-5H3,(H,18,24)/p+1. The van der Waals surface area contributed by atoms with Gasteiger partial charge in [-0.3, -0.25) is 0 Å². The minimum absolute atomic E-state index is 0.348.